The fourth-order valence-electron chi connectivity index (χ4n) is 8.25. The number of halogens is 15. The van der Waals surface area contributed by atoms with Crippen LogP contribution in [0.2, 0.25) is 0 Å². The number of benzene rings is 5. The first kappa shape index (κ1) is 123. The number of rotatable bonds is 0. The van der Waals surface area contributed by atoms with E-state index in [1.807, 2.05) is 0 Å². The molecule has 55 heteroatoms. The van der Waals surface area contributed by atoms with Crippen LogP contribution in [0.4, 0.5) is 65.9 Å². The Hall–Kier alpha value is -4.99. The first-order chi connectivity index (χ1) is 42.0. The third-order valence-corrected chi connectivity index (χ3v) is 15.6. The van der Waals surface area contributed by atoms with Crippen molar-refractivity contribution in [3.8, 4) is 0 Å². The molecule has 0 atom stereocenters. The molecule has 0 saturated carbocycles. The number of nitrogens with two attached hydrogens (primary N) is 6. The van der Waals surface area contributed by atoms with Crippen molar-refractivity contribution in [1.82, 2.24) is 9.80 Å². The summed E-state index contributed by atoms with van der Waals surface area (Å²) in [4.78, 5) is 5.40. The van der Waals surface area contributed by atoms with Gasteiger partial charge in [-0.2, -0.15) is 65.9 Å². The summed E-state index contributed by atoms with van der Waals surface area (Å²) in [5.74, 6) is 0. The average Bonchev–Trinajstić information content (AvgIpc) is 0.756. The molecule has 12 aliphatic heterocycles. The second-order valence-electron chi connectivity index (χ2n) is 19.6. The molecule has 5 aromatic rings. The molecule has 612 valence electrons. The van der Waals surface area contributed by atoms with Crippen LogP contribution in [0.1, 0.15) is 33.4 Å². The SMILES string of the molecule is O.O.O.O.O.O.O.O=S(=O)([O-])C(F)(F)F.O=S(=O)([O-])C(F)(F)F.O=S(=O)([O-])C(F)(F)F.O=S(=O)([O-])C(F)(F)F.O=S(=O)([O-])C(F)(F)F.[O-2].[O-2].[O-2].[O-2].[Tc+7].c1ccc2c3c4ccccc4c(c2c1)C[NH2+]CCN1CC[NH2+]Cc2ccc(cc2)C[NH2+]CCN(CC[NH2+]Cc2ccc(cc2)C[NH2+]CC1)CC[NH2+]C3. The molecule has 0 amide bonds. The Kier molecular flexibility index (Phi) is 63.4. The van der Waals surface area contributed by atoms with Gasteiger partial charge in [0, 0.05) is 72.6 Å². The molecular formula is C49H78F15N8O26S5Tc. The fraction of sp³-hybridized carbons (Fsp3) is 0.469. The standard InChI is InChI=1S/C44H58N8.5CHF3O3S.7H2O.4O.Tc/c1-2-6-40-39(5-1)43-33-49-21-27-51-23-17-45-29-35-9-13-37(14-10-35)31-47-19-25-52(28-22-50-34-44(40)42-8-4-3-7-41(42)43)26-20-48-32-38-15-11-36(12-16-38)30-46-18-24-51;5*2-1(3,4)8(5,6)7;;;;;;;;;;;;/h1-16,45-50H,17-34H2;5*(H,5,6,7);7*1H2;;;;;/q;;;;;;;;;;;;;4*-2;+7/p+1. The molecule has 104 heavy (non-hydrogen) atoms. The predicted molar refractivity (Wildman–Crippen MR) is 317 cm³/mol. The van der Waals surface area contributed by atoms with E-state index in [1.54, 1.807) is 0 Å². The number of quaternary nitrogens is 6. The van der Waals surface area contributed by atoms with Gasteiger partial charge in [0.25, 0.3) is 0 Å². The van der Waals surface area contributed by atoms with Crippen LogP contribution in [0.25, 0.3) is 21.5 Å². The number of hydrogen-bond donors (Lipinski definition) is 6. The van der Waals surface area contributed by atoms with Crippen molar-refractivity contribution < 1.29 is 243 Å². The maximum Gasteiger partial charge on any atom is 7.00 e. The molecule has 0 saturated heterocycles. The van der Waals surface area contributed by atoms with E-state index in [2.05, 4.69) is 139 Å². The quantitative estimate of drug-likeness (QED) is 0.0363. The Balaban J connectivity index is -0.000000153. The molecule has 0 aromatic heterocycles. The van der Waals surface area contributed by atoms with E-state index in [1.165, 1.54) is 54.9 Å². The summed E-state index contributed by atoms with van der Waals surface area (Å²) in [7, 11) is -30.5. The summed E-state index contributed by atoms with van der Waals surface area (Å²) in [5, 5.41) is 20.8. The van der Waals surface area contributed by atoms with Crippen molar-refractivity contribution in [1.29, 1.82) is 0 Å². The fourth-order valence-corrected chi connectivity index (χ4v) is 8.25. The van der Waals surface area contributed by atoms with Crippen LogP contribution in [-0.4, -0.2) is 219 Å². The van der Waals surface area contributed by atoms with Gasteiger partial charge in [0.2, 0.25) is 0 Å². The van der Waals surface area contributed by atoms with Gasteiger partial charge >= 0.3 is 47.6 Å². The van der Waals surface area contributed by atoms with Gasteiger partial charge in [0.15, 0.2) is 50.6 Å². The monoisotopic (exact) mass is 1740 g/mol. The van der Waals surface area contributed by atoms with Gasteiger partial charge < -0.3 is 115 Å². The van der Waals surface area contributed by atoms with E-state index < -0.39 is 78.1 Å². The molecular weight excluding hydrogens is 1660 g/mol. The summed E-state index contributed by atoms with van der Waals surface area (Å²) in [6.45, 7) is 19.6. The molecule has 0 fully saturated rings. The summed E-state index contributed by atoms with van der Waals surface area (Å²) < 4.78 is 295. The van der Waals surface area contributed by atoms with Gasteiger partial charge in [-0.05, 0) is 21.5 Å². The minimum absolute atomic E-state index is 0. The van der Waals surface area contributed by atoms with Crippen LogP contribution in [0.15, 0.2) is 97.1 Å². The third kappa shape index (κ3) is 45.6. The van der Waals surface area contributed by atoms with Gasteiger partial charge in [-0.15, -0.1) is 0 Å². The number of hydrogen-bond acceptors (Lipinski definition) is 17. The summed E-state index contributed by atoms with van der Waals surface area (Å²) in [5.41, 5.74) is -19.5. The zero-order valence-corrected chi connectivity index (χ0v) is 59.1. The Morgan fingerprint density at radius 2 is 0.394 bits per heavy atom. The van der Waals surface area contributed by atoms with Crippen LogP contribution in [-0.2, 0) is 132 Å². The van der Waals surface area contributed by atoms with E-state index in [9.17, 15) is 65.9 Å². The van der Waals surface area contributed by atoms with Gasteiger partial charge in [0.1, 0.15) is 39.3 Å². The number of alkyl halides is 15. The summed E-state index contributed by atoms with van der Waals surface area (Å²) >= 11 is 0. The smallest absolute Gasteiger partial charge is 2.00 e. The van der Waals surface area contributed by atoms with Crippen molar-refractivity contribution in [3.63, 3.8) is 0 Å². The average molecular weight is 1740 g/mol. The van der Waals surface area contributed by atoms with E-state index in [4.69, 9.17) is 64.9 Å². The Morgan fingerprint density at radius 1 is 0.269 bits per heavy atom. The van der Waals surface area contributed by atoms with E-state index in [0.717, 1.165) is 118 Å². The van der Waals surface area contributed by atoms with E-state index in [-0.39, 0.29) is 80.3 Å². The second kappa shape index (κ2) is 53.7. The van der Waals surface area contributed by atoms with Gasteiger partial charge in [0.05, 0.1) is 39.3 Å². The Bertz CT molecular complexity index is 3210. The molecule has 26 N–H and O–H groups in total. The first-order valence-electron chi connectivity index (χ1n) is 26.6. The molecule has 12 heterocycles. The topological polar surface area (TPSA) is 727 Å². The minimum Gasteiger partial charge on any atom is -2.00 e. The van der Waals surface area contributed by atoms with Crippen LogP contribution >= 0.6 is 0 Å². The summed E-state index contributed by atoms with van der Waals surface area (Å²) in [6, 6.07) is 37.2. The van der Waals surface area contributed by atoms with Crippen molar-refractivity contribution >= 4 is 72.1 Å². The predicted octanol–water partition coefficient (Wildman–Crippen LogP) is -7.59. The second-order valence-corrected chi connectivity index (χ2v) is 26.4. The molecule has 0 aliphatic carbocycles. The largest absolute Gasteiger partial charge is 7.00 e. The molecule has 34 nitrogen and oxygen atoms in total. The van der Waals surface area contributed by atoms with Crippen LogP contribution in [0, 0.1) is 0 Å². The maximum absolute atomic E-state index is 10.7. The Labute approximate surface area is 598 Å². The van der Waals surface area contributed by atoms with Crippen molar-refractivity contribution in [2.24, 2.45) is 0 Å². The van der Waals surface area contributed by atoms with Crippen LogP contribution in [0.5, 0.6) is 0 Å². The first-order valence-corrected chi connectivity index (χ1v) is 33.6. The molecule has 17 rings (SSSR count). The number of nitrogens with zero attached hydrogens (tertiary/aromatic N) is 2. The molecule has 5 aromatic carbocycles. The normalized spacial score (nSPS) is 16.0. The maximum atomic E-state index is 10.7. The zero-order valence-electron chi connectivity index (χ0n) is 53.2. The molecule has 0 unspecified atom stereocenters. The van der Waals surface area contributed by atoms with Gasteiger partial charge in [-0.3, -0.25) is 9.80 Å². The van der Waals surface area contributed by atoms with Crippen molar-refractivity contribution in [2.45, 2.75) is 66.8 Å². The van der Waals surface area contributed by atoms with E-state index in [0.29, 0.717) is 0 Å². The van der Waals surface area contributed by atoms with Crippen molar-refractivity contribution in [2.75, 3.05) is 78.5 Å². The molecule has 0 spiro atoms. The summed E-state index contributed by atoms with van der Waals surface area (Å²) in [6.07, 6.45) is 0. The van der Waals surface area contributed by atoms with E-state index >= 15 is 0 Å². The molecule has 8 bridgehead atoms. The van der Waals surface area contributed by atoms with Gasteiger partial charge in [-0.1, -0.05) is 97.1 Å². The molecule has 12 aliphatic rings. The Morgan fingerprint density at radius 3 is 0.519 bits per heavy atom. The third-order valence-electron chi connectivity index (χ3n) is 12.7. The van der Waals surface area contributed by atoms with Gasteiger partial charge in [-0.25, -0.2) is 42.1 Å². The van der Waals surface area contributed by atoms with Crippen LogP contribution < -0.4 is 31.9 Å². The van der Waals surface area contributed by atoms with Crippen LogP contribution in [0.3, 0.4) is 0 Å². The molecule has 0 radical (unpaired) electrons. The zero-order chi connectivity index (χ0) is 70.2. The minimum atomic E-state index is -6.09. The van der Waals surface area contributed by atoms with Crippen molar-refractivity contribution in [3.05, 3.63) is 130 Å².